The highest BCUT2D eigenvalue weighted by atomic mass is 16.7. The maximum atomic E-state index is 13.9. The Morgan fingerprint density at radius 1 is 1.20 bits per heavy atom. The predicted octanol–water partition coefficient (Wildman–Crippen LogP) is 5.28. The molecule has 5 rings (SSSR count). The molecular weight excluding hydrogens is 440 g/mol. The molecule has 1 aliphatic carbocycles. The van der Waals surface area contributed by atoms with Gasteiger partial charge in [0.25, 0.3) is 5.91 Å². The number of carbonyl (C=O) groups excluding carboxylic acids is 1. The van der Waals surface area contributed by atoms with Gasteiger partial charge in [0.1, 0.15) is 0 Å². The molecule has 3 aliphatic rings. The van der Waals surface area contributed by atoms with Crippen molar-refractivity contribution in [3.05, 3.63) is 59.2 Å². The summed E-state index contributed by atoms with van der Waals surface area (Å²) in [5.41, 5.74) is 2.82. The molecule has 0 radical (unpaired) electrons. The maximum absolute atomic E-state index is 13.9. The topological polar surface area (TPSA) is 60.0 Å². The number of nitrogens with zero attached hydrogens (tertiary/aromatic N) is 1. The van der Waals surface area contributed by atoms with Gasteiger partial charge in [-0.2, -0.15) is 0 Å². The highest BCUT2D eigenvalue weighted by molar-refractivity contribution is 5.96. The summed E-state index contributed by atoms with van der Waals surface area (Å²) in [6.45, 7) is 7.02. The fourth-order valence-corrected chi connectivity index (χ4v) is 5.81. The van der Waals surface area contributed by atoms with Gasteiger partial charge in [0.2, 0.25) is 11.5 Å². The average Bonchev–Trinajstić information content (AvgIpc) is 3.50. The van der Waals surface area contributed by atoms with Gasteiger partial charge in [-0.1, -0.05) is 48.4 Å². The lowest BCUT2D eigenvalue weighted by molar-refractivity contribution is -0.0439. The second kappa shape index (κ2) is 9.57. The van der Waals surface area contributed by atoms with Crippen molar-refractivity contribution in [1.82, 2.24) is 10.2 Å². The Hall–Kier alpha value is -2.99. The molecule has 186 valence electrons. The standard InChI is InChI=1S/C29H36N2O4/c1-19(13-20-9-6-5-7-10-20)17-31(18-23-14-21-11-8-12-24(21)30-23)28(32)22-15-25(33-4)27-26(16-22)34-29(2,3)35-27/h5-7,9-10,13,15-16,21,23-24,30H,8,11-12,14,17-18H2,1-4H3/b19-13-/t21-,23-,24-/m0/s1. The molecule has 2 aromatic rings. The number of nitrogens with one attached hydrogen (secondary N) is 1. The van der Waals surface area contributed by atoms with E-state index in [2.05, 4.69) is 30.4 Å². The van der Waals surface area contributed by atoms with E-state index < -0.39 is 5.79 Å². The first-order valence-corrected chi connectivity index (χ1v) is 12.7. The summed E-state index contributed by atoms with van der Waals surface area (Å²) in [6, 6.07) is 14.7. The Morgan fingerprint density at radius 3 is 2.74 bits per heavy atom. The third kappa shape index (κ3) is 5.18. The average molecular weight is 477 g/mol. The van der Waals surface area contributed by atoms with Crippen LogP contribution in [0.15, 0.2) is 48.0 Å². The van der Waals surface area contributed by atoms with E-state index in [1.165, 1.54) is 19.3 Å². The molecule has 1 N–H and O–H groups in total. The van der Waals surface area contributed by atoms with Crippen molar-refractivity contribution in [1.29, 1.82) is 0 Å². The largest absolute Gasteiger partial charge is 0.493 e. The summed E-state index contributed by atoms with van der Waals surface area (Å²) in [4.78, 5) is 15.9. The van der Waals surface area contributed by atoms with E-state index in [0.717, 1.165) is 23.5 Å². The minimum absolute atomic E-state index is 0.0286. The fourth-order valence-electron chi connectivity index (χ4n) is 5.81. The molecule has 1 saturated carbocycles. The van der Waals surface area contributed by atoms with Crippen LogP contribution < -0.4 is 19.5 Å². The summed E-state index contributed by atoms with van der Waals surface area (Å²) in [5.74, 6) is 1.53. The van der Waals surface area contributed by atoms with Gasteiger partial charge in [0.05, 0.1) is 7.11 Å². The third-order valence-electron chi connectivity index (χ3n) is 7.27. The van der Waals surface area contributed by atoms with Gasteiger partial charge < -0.3 is 24.4 Å². The van der Waals surface area contributed by atoms with E-state index in [4.69, 9.17) is 14.2 Å². The minimum Gasteiger partial charge on any atom is -0.493 e. The van der Waals surface area contributed by atoms with Crippen LogP contribution in [0.4, 0.5) is 0 Å². The number of ether oxygens (including phenoxy) is 3. The van der Waals surface area contributed by atoms with E-state index >= 15 is 0 Å². The van der Waals surface area contributed by atoms with E-state index in [-0.39, 0.29) is 5.91 Å². The van der Waals surface area contributed by atoms with Gasteiger partial charge in [-0.15, -0.1) is 0 Å². The van der Waals surface area contributed by atoms with Crippen LogP contribution in [0.25, 0.3) is 6.08 Å². The first kappa shape index (κ1) is 23.7. The number of hydrogen-bond acceptors (Lipinski definition) is 5. The first-order valence-electron chi connectivity index (χ1n) is 12.7. The number of amides is 1. The van der Waals surface area contributed by atoms with Crippen LogP contribution in [0.2, 0.25) is 0 Å². The fraction of sp³-hybridized carbons (Fsp3) is 0.483. The summed E-state index contributed by atoms with van der Waals surface area (Å²) < 4.78 is 17.4. The molecule has 0 aromatic heterocycles. The van der Waals surface area contributed by atoms with Crippen LogP contribution in [-0.2, 0) is 0 Å². The lowest BCUT2D eigenvalue weighted by atomic mass is 10.0. The molecule has 1 amide bonds. The SMILES string of the molecule is COc1cc(C(=O)N(C/C(C)=C\c2ccccc2)C[C@@H]2C[C@@H]3CCC[C@@H]3N2)cc2c1OC(C)(C)O2. The van der Waals surface area contributed by atoms with E-state index in [9.17, 15) is 4.79 Å². The van der Waals surface area contributed by atoms with Gasteiger partial charge in [0.15, 0.2) is 11.5 Å². The summed E-state index contributed by atoms with van der Waals surface area (Å²) >= 11 is 0. The van der Waals surface area contributed by atoms with Gasteiger partial charge in [0, 0.05) is 44.6 Å². The quantitative estimate of drug-likeness (QED) is 0.589. The zero-order valence-electron chi connectivity index (χ0n) is 21.2. The predicted molar refractivity (Wildman–Crippen MR) is 137 cm³/mol. The molecule has 1 saturated heterocycles. The van der Waals surface area contributed by atoms with Crippen LogP contribution in [0.5, 0.6) is 17.2 Å². The normalized spacial score (nSPS) is 24.3. The Bertz CT molecular complexity index is 1100. The number of hydrogen-bond donors (Lipinski definition) is 1. The Kier molecular flexibility index (Phi) is 6.49. The minimum atomic E-state index is -0.794. The van der Waals surface area contributed by atoms with Crippen LogP contribution in [0, 0.1) is 5.92 Å². The summed E-state index contributed by atoms with van der Waals surface area (Å²) in [5, 5.41) is 3.80. The Labute approximate surface area is 208 Å². The molecule has 3 atom stereocenters. The number of rotatable bonds is 7. The van der Waals surface area contributed by atoms with Gasteiger partial charge in [-0.25, -0.2) is 0 Å². The molecule has 2 aromatic carbocycles. The second-order valence-electron chi connectivity index (χ2n) is 10.6. The van der Waals surface area contributed by atoms with Crippen molar-refractivity contribution in [2.75, 3.05) is 20.2 Å². The molecule has 2 fully saturated rings. The zero-order valence-corrected chi connectivity index (χ0v) is 21.2. The number of methoxy groups -OCH3 is 1. The smallest absolute Gasteiger partial charge is 0.254 e. The molecule has 6 nitrogen and oxygen atoms in total. The molecule has 2 aliphatic heterocycles. The highest BCUT2D eigenvalue weighted by Crippen LogP contribution is 2.47. The van der Waals surface area contributed by atoms with Crippen molar-refractivity contribution in [3.63, 3.8) is 0 Å². The molecule has 0 bridgehead atoms. The van der Waals surface area contributed by atoms with Crippen LogP contribution in [0.1, 0.15) is 62.4 Å². The monoisotopic (exact) mass is 476 g/mol. The third-order valence-corrected chi connectivity index (χ3v) is 7.27. The summed E-state index contributed by atoms with van der Waals surface area (Å²) in [7, 11) is 1.59. The van der Waals surface area contributed by atoms with Crippen LogP contribution in [0.3, 0.4) is 0 Å². The second-order valence-corrected chi connectivity index (χ2v) is 10.6. The Balaban J connectivity index is 1.41. The molecule has 2 heterocycles. The molecule has 35 heavy (non-hydrogen) atoms. The van der Waals surface area contributed by atoms with E-state index in [1.54, 1.807) is 19.2 Å². The van der Waals surface area contributed by atoms with Crippen molar-refractivity contribution in [2.45, 2.75) is 64.3 Å². The Morgan fingerprint density at radius 2 is 2.00 bits per heavy atom. The maximum Gasteiger partial charge on any atom is 0.254 e. The zero-order chi connectivity index (χ0) is 24.6. The first-order chi connectivity index (χ1) is 16.8. The lowest BCUT2D eigenvalue weighted by Gasteiger charge is -2.27. The van der Waals surface area contributed by atoms with Gasteiger partial charge in [-0.3, -0.25) is 4.79 Å². The highest BCUT2D eigenvalue weighted by Gasteiger charge is 2.39. The molecule has 0 spiro atoms. The number of carbonyl (C=O) groups is 1. The van der Waals surface area contributed by atoms with Gasteiger partial charge >= 0.3 is 0 Å². The number of benzene rings is 2. The molecule has 0 unspecified atom stereocenters. The van der Waals surface area contributed by atoms with Crippen molar-refractivity contribution < 1.29 is 19.0 Å². The lowest BCUT2D eigenvalue weighted by Crippen LogP contribution is -2.43. The van der Waals surface area contributed by atoms with E-state index in [0.29, 0.717) is 48.0 Å². The number of fused-ring (bicyclic) bond motifs is 2. The van der Waals surface area contributed by atoms with Crippen LogP contribution >= 0.6 is 0 Å². The van der Waals surface area contributed by atoms with Crippen molar-refractivity contribution in [2.24, 2.45) is 5.92 Å². The van der Waals surface area contributed by atoms with E-state index in [1.807, 2.05) is 36.9 Å². The molecule has 6 heteroatoms. The van der Waals surface area contributed by atoms with Gasteiger partial charge in [-0.05, 0) is 49.8 Å². The molecular formula is C29H36N2O4. The van der Waals surface area contributed by atoms with Crippen molar-refractivity contribution in [3.8, 4) is 17.2 Å². The van der Waals surface area contributed by atoms with Crippen LogP contribution in [-0.4, -0.2) is 48.9 Å². The summed E-state index contributed by atoms with van der Waals surface area (Å²) in [6.07, 6.45) is 7.14. The van der Waals surface area contributed by atoms with Crippen molar-refractivity contribution >= 4 is 12.0 Å².